The first kappa shape index (κ1) is 17.9. The van der Waals surface area contributed by atoms with Crippen molar-refractivity contribution in [2.24, 2.45) is 4.99 Å². The second kappa shape index (κ2) is 7.53. The number of aromatic nitrogens is 1. The fraction of sp³-hybridized carbons (Fsp3) is 0.211. The van der Waals surface area contributed by atoms with E-state index < -0.39 is 11.6 Å². The van der Waals surface area contributed by atoms with Crippen LogP contribution in [0, 0.1) is 11.6 Å². The van der Waals surface area contributed by atoms with Crippen LogP contribution in [0.15, 0.2) is 41.4 Å². The van der Waals surface area contributed by atoms with E-state index in [1.165, 1.54) is 24.4 Å². The number of aliphatic imine (C=N–C) groups is 1. The second-order valence-electron chi connectivity index (χ2n) is 6.23. The van der Waals surface area contributed by atoms with Crippen molar-refractivity contribution in [3.8, 4) is 5.88 Å². The van der Waals surface area contributed by atoms with Gasteiger partial charge in [0, 0.05) is 30.8 Å². The molecule has 136 valence electrons. The van der Waals surface area contributed by atoms with Gasteiger partial charge in [0.1, 0.15) is 11.6 Å². The molecule has 5 nitrogen and oxygen atoms in total. The molecule has 2 aromatic carbocycles. The van der Waals surface area contributed by atoms with E-state index in [4.69, 9.17) is 0 Å². The first-order valence-corrected chi connectivity index (χ1v) is 8.16. The van der Waals surface area contributed by atoms with E-state index in [0.717, 1.165) is 6.54 Å². The zero-order chi connectivity index (χ0) is 18.7. The van der Waals surface area contributed by atoms with E-state index in [1.807, 2.05) is 19.0 Å². The molecule has 0 fully saturated rings. The van der Waals surface area contributed by atoms with Crippen molar-refractivity contribution in [3.63, 3.8) is 0 Å². The highest BCUT2D eigenvalue weighted by Crippen LogP contribution is 2.27. The standard InChI is InChI=1S/C19H20F2N4O/c1-25(2)8-7-22-17-6-4-13(10-16(17)21)23-11-15-14-5-3-12(20)9-18(14)24-19(15)26/h3-6,9-11,22,24,26H,7-8H2,1-2H3. The number of likely N-dealkylation sites (N-methyl/N-ethyl adjacent to an activating group) is 1. The van der Waals surface area contributed by atoms with Crippen molar-refractivity contribution in [1.82, 2.24) is 9.88 Å². The highest BCUT2D eigenvalue weighted by molar-refractivity contribution is 6.02. The van der Waals surface area contributed by atoms with Gasteiger partial charge in [-0.2, -0.15) is 0 Å². The van der Waals surface area contributed by atoms with Crippen molar-refractivity contribution >= 4 is 28.5 Å². The number of rotatable bonds is 6. The Morgan fingerprint density at radius 1 is 1.19 bits per heavy atom. The number of hydrogen-bond donors (Lipinski definition) is 3. The first-order chi connectivity index (χ1) is 12.4. The average molecular weight is 358 g/mol. The van der Waals surface area contributed by atoms with Gasteiger partial charge in [-0.3, -0.25) is 4.99 Å². The molecule has 0 atom stereocenters. The maximum Gasteiger partial charge on any atom is 0.198 e. The van der Waals surface area contributed by atoms with Gasteiger partial charge in [-0.15, -0.1) is 0 Å². The minimum Gasteiger partial charge on any atom is -0.494 e. The van der Waals surface area contributed by atoms with E-state index in [1.54, 1.807) is 18.2 Å². The summed E-state index contributed by atoms with van der Waals surface area (Å²) in [6.07, 6.45) is 1.43. The molecule has 0 saturated heterocycles. The van der Waals surface area contributed by atoms with Crippen LogP contribution in [0.25, 0.3) is 10.9 Å². The third kappa shape index (κ3) is 4.00. The van der Waals surface area contributed by atoms with Crippen LogP contribution < -0.4 is 5.32 Å². The van der Waals surface area contributed by atoms with Gasteiger partial charge in [-0.05, 0) is 44.4 Å². The van der Waals surface area contributed by atoms with Crippen molar-refractivity contribution in [2.75, 3.05) is 32.5 Å². The van der Waals surface area contributed by atoms with E-state index in [0.29, 0.717) is 34.4 Å². The number of nitrogens with one attached hydrogen (secondary N) is 2. The zero-order valence-electron chi connectivity index (χ0n) is 14.6. The average Bonchev–Trinajstić information content (AvgIpc) is 2.88. The lowest BCUT2D eigenvalue weighted by Gasteiger charge is -2.12. The van der Waals surface area contributed by atoms with E-state index in [9.17, 15) is 13.9 Å². The lowest BCUT2D eigenvalue weighted by molar-refractivity contribution is 0.425. The van der Waals surface area contributed by atoms with Crippen LogP contribution >= 0.6 is 0 Å². The first-order valence-electron chi connectivity index (χ1n) is 8.16. The lowest BCUT2D eigenvalue weighted by atomic mass is 10.2. The molecular formula is C19H20F2N4O. The number of nitrogens with zero attached hydrogens (tertiary/aromatic N) is 2. The van der Waals surface area contributed by atoms with Gasteiger partial charge < -0.3 is 20.3 Å². The Hall–Kier alpha value is -2.93. The summed E-state index contributed by atoms with van der Waals surface area (Å²) < 4.78 is 27.4. The Morgan fingerprint density at radius 2 is 2.00 bits per heavy atom. The number of aromatic hydroxyl groups is 1. The number of anilines is 1. The Bertz CT molecular complexity index is 950. The molecule has 26 heavy (non-hydrogen) atoms. The van der Waals surface area contributed by atoms with Gasteiger partial charge >= 0.3 is 0 Å². The number of aromatic amines is 1. The number of H-pyrrole nitrogens is 1. The number of fused-ring (bicyclic) bond motifs is 1. The molecule has 1 heterocycles. The summed E-state index contributed by atoms with van der Waals surface area (Å²) >= 11 is 0. The van der Waals surface area contributed by atoms with Gasteiger partial charge in [0.2, 0.25) is 0 Å². The Kier molecular flexibility index (Phi) is 5.18. The SMILES string of the molecule is CN(C)CCNc1ccc(N=Cc2c(O)[nH]c3cc(F)ccc23)cc1F. The van der Waals surface area contributed by atoms with E-state index in [-0.39, 0.29) is 5.88 Å². The summed E-state index contributed by atoms with van der Waals surface area (Å²) in [5.41, 5.74) is 1.72. The smallest absolute Gasteiger partial charge is 0.198 e. The topological polar surface area (TPSA) is 63.6 Å². The molecule has 0 radical (unpaired) electrons. The largest absolute Gasteiger partial charge is 0.494 e. The molecule has 1 aromatic heterocycles. The van der Waals surface area contributed by atoms with Gasteiger partial charge in [0.15, 0.2) is 5.88 Å². The van der Waals surface area contributed by atoms with Crippen molar-refractivity contribution < 1.29 is 13.9 Å². The van der Waals surface area contributed by atoms with Gasteiger partial charge in [0.05, 0.1) is 22.5 Å². The fourth-order valence-corrected chi connectivity index (χ4v) is 2.59. The van der Waals surface area contributed by atoms with Gasteiger partial charge in [0.25, 0.3) is 0 Å². The molecule has 0 aliphatic heterocycles. The number of hydrogen-bond acceptors (Lipinski definition) is 4. The summed E-state index contributed by atoms with van der Waals surface area (Å²) in [5, 5.41) is 13.7. The number of benzene rings is 2. The zero-order valence-corrected chi connectivity index (χ0v) is 14.6. The molecule has 0 amide bonds. The van der Waals surface area contributed by atoms with Gasteiger partial charge in [-0.1, -0.05) is 0 Å². The normalized spacial score (nSPS) is 11.7. The highest BCUT2D eigenvalue weighted by Gasteiger charge is 2.10. The third-order valence-electron chi connectivity index (χ3n) is 3.95. The maximum atomic E-state index is 14.2. The number of halogens is 2. The summed E-state index contributed by atoms with van der Waals surface area (Å²) in [7, 11) is 3.90. The Labute approximate surface area is 150 Å². The van der Waals surface area contributed by atoms with Crippen molar-refractivity contribution in [2.45, 2.75) is 0 Å². The van der Waals surface area contributed by atoms with Crippen molar-refractivity contribution in [3.05, 3.63) is 53.6 Å². The quantitative estimate of drug-likeness (QED) is 0.586. The lowest BCUT2D eigenvalue weighted by Crippen LogP contribution is -2.21. The molecule has 3 rings (SSSR count). The molecule has 0 aliphatic rings. The molecule has 0 saturated carbocycles. The van der Waals surface area contributed by atoms with E-state index in [2.05, 4.69) is 15.3 Å². The third-order valence-corrected chi connectivity index (χ3v) is 3.95. The van der Waals surface area contributed by atoms with Crippen LogP contribution in [0.2, 0.25) is 0 Å². The molecule has 0 spiro atoms. The second-order valence-corrected chi connectivity index (χ2v) is 6.23. The van der Waals surface area contributed by atoms with Crippen LogP contribution in [-0.4, -0.2) is 48.4 Å². The molecular weight excluding hydrogens is 338 g/mol. The van der Waals surface area contributed by atoms with E-state index >= 15 is 0 Å². The molecule has 7 heteroatoms. The minimum absolute atomic E-state index is 0.114. The molecule has 3 aromatic rings. The maximum absolute atomic E-state index is 14.2. The monoisotopic (exact) mass is 358 g/mol. The van der Waals surface area contributed by atoms with Crippen LogP contribution in [0.3, 0.4) is 0 Å². The predicted molar refractivity (Wildman–Crippen MR) is 101 cm³/mol. The summed E-state index contributed by atoms with van der Waals surface area (Å²) in [6.45, 7) is 1.42. The van der Waals surface area contributed by atoms with Crippen LogP contribution in [0.1, 0.15) is 5.56 Å². The van der Waals surface area contributed by atoms with Gasteiger partial charge in [-0.25, -0.2) is 8.78 Å². The molecule has 3 N–H and O–H groups in total. The van der Waals surface area contributed by atoms with Crippen molar-refractivity contribution in [1.29, 1.82) is 0 Å². The van der Waals surface area contributed by atoms with Crippen LogP contribution in [0.4, 0.5) is 20.2 Å². The molecule has 0 unspecified atom stereocenters. The summed E-state index contributed by atoms with van der Waals surface area (Å²) in [5.74, 6) is -0.915. The minimum atomic E-state index is -0.401. The van der Waals surface area contributed by atoms with Crippen LogP contribution in [-0.2, 0) is 0 Å². The fourth-order valence-electron chi connectivity index (χ4n) is 2.59. The Balaban J connectivity index is 1.79. The molecule has 0 bridgehead atoms. The highest BCUT2D eigenvalue weighted by atomic mass is 19.1. The summed E-state index contributed by atoms with van der Waals surface area (Å²) in [6, 6.07) is 8.78. The molecule has 0 aliphatic carbocycles. The predicted octanol–water partition coefficient (Wildman–Crippen LogP) is 3.88. The summed E-state index contributed by atoms with van der Waals surface area (Å²) in [4.78, 5) is 8.91. The Morgan fingerprint density at radius 3 is 2.73 bits per heavy atom. The van der Waals surface area contributed by atoms with Crippen LogP contribution in [0.5, 0.6) is 5.88 Å².